The Balaban J connectivity index is 0.000000807. The van der Waals surface area contributed by atoms with Gasteiger partial charge in [-0.2, -0.15) is 0 Å². The van der Waals surface area contributed by atoms with E-state index in [1.54, 1.807) is 0 Å². The molecular formula is C52H49N3. The monoisotopic (exact) mass is 715 g/mol. The van der Waals surface area contributed by atoms with Crippen LogP contribution < -0.4 is 0 Å². The molecule has 0 aliphatic carbocycles. The average molecular weight is 716 g/mol. The standard InChI is InChI=1S/C46H33N3.C4H10.C2H6/c1-5-17-34(18-6-1)40-25-13-15-27-42(40)38-29-33(30-39(32-38)43-28-16-14-26-41(43)35-19-7-2-8-20-35)31-44-47-45(36-21-9-3-10-22-36)49-46(48-44)37-23-11-4-12-24-37;1-3-4-2;1-2/h1-30,32H,31H2;3-4H2,1-2H3;1-2H3. The van der Waals surface area contributed by atoms with Crippen LogP contribution in [0.5, 0.6) is 0 Å². The summed E-state index contributed by atoms with van der Waals surface area (Å²) < 4.78 is 0. The maximum absolute atomic E-state index is 5.04. The van der Waals surface area contributed by atoms with Gasteiger partial charge in [0.15, 0.2) is 11.6 Å². The van der Waals surface area contributed by atoms with E-state index in [9.17, 15) is 0 Å². The Labute approximate surface area is 327 Å². The van der Waals surface area contributed by atoms with Gasteiger partial charge in [0, 0.05) is 17.5 Å². The van der Waals surface area contributed by atoms with Gasteiger partial charge in [-0.1, -0.05) is 223 Å². The summed E-state index contributed by atoms with van der Waals surface area (Å²) >= 11 is 0. The first kappa shape index (κ1) is 38.3. The predicted molar refractivity (Wildman–Crippen MR) is 234 cm³/mol. The fraction of sp³-hybridized carbons (Fsp3) is 0.135. The SMILES string of the molecule is CC.CCCC.c1ccc(-c2nc(Cc3cc(-c4ccccc4-c4ccccc4)cc(-c4ccccc4-c4ccccc4)c3)nc(-c3ccccc3)n2)cc1. The highest BCUT2D eigenvalue weighted by Crippen LogP contribution is 2.38. The zero-order valence-electron chi connectivity index (χ0n) is 32.4. The Bertz CT molecular complexity index is 2210. The Morgan fingerprint density at radius 1 is 0.327 bits per heavy atom. The molecule has 0 saturated heterocycles. The van der Waals surface area contributed by atoms with Crippen LogP contribution in [-0.4, -0.2) is 15.0 Å². The topological polar surface area (TPSA) is 38.7 Å². The first-order valence-corrected chi connectivity index (χ1v) is 19.5. The molecule has 0 N–H and O–H groups in total. The zero-order chi connectivity index (χ0) is 38.2. The lowest BCUT2D eigenvalue weighted by atomic mass is 9.88. The predicted octanol–water partition coefficient (Wildman–Crippen LogP) is 14.3. The molecule has 0 saturated carbocycles. The van der Waals surface area contributed by atoms with Crippen molar-refractivity contribution in [1.82, 2.24) is 15.0 Å². The van der Waals surface area contributed by atoms with Gasteiger partial charge < -0.3 is 0 Å². The minimum absolute atomic E-state index is 0.546. The van der Waals surface area contributed by atoms with Gasteiger partial charge >= 0.3 is 0 Å². The van der Waals surface area contributed by atoms with Crippen molar-refractivity contribution >= 4 is 0 Å². The van der Waals surface area contributed by atoms with E-state index in [0.29, 0.717) is 18.1 Å². The highest BCUT2D eigenvalue weighted by Gasteiger charge is 2.16. The van der Waals surface area contributed by atoms with Gasteiger partial charge in [-0.3, -0.25) is 0 Å². The molecule has 0 bridgehead atoms. The van der Waals surface area contributed by atoms with Crippen molar-refractivity contribution in [2.45, 2.75) is 47.0 Å². The van der Waals surface area contributed by atoms with Gasteiger partial charge in [0.1, 0.15) is 5.82 Å². The third-order valence-corrected chi connectivity index (χ3v) is 9.25. The van der Waals surface area contributed by atoms with Gasteiger partial charge in [0.2, 0.25) is 0 Å². The molecule has 1 aromatic heterocycles. The highest BCUT2D eigenvalue weighted by atomic mass is 15.0. The van der Waals surface area contributed by atoms with Crippen LogP contribution in [0.1, 0.15) is 51.9 Å². The first-order chi connectivity index (χ1) is 27.2. The third-order valence-electron chi connectivity index (χ3n) is 9.25. The Morgan fingerprint density at radius 2 is 0.636 bits per heavy atom. The van der Waals surface area contributed by atoms with E-state index in [2.05, 4.69) is 141 Å². The molecule has 0 amide bonds. The second kappa shape index (κ2) is 19.6. The molecule has 8 rings (SSSR count). The quantitative estimate of drug-likeness (QED) is 0.149. The van der Waals surface area contributed by atoms with E-state index in [1.165, 1.54) is 46.2 Å². The van der Waals surface area contributed by atoms with Crippen molar-refractivity contribution in [3.05, 3.63) is 199 Å². The number of unbranched alkanes of at least 4 members (excludes halogenated alkanes) is 1. The second-order valence-electron chi connectivity index (χ2n) is 13.0. The Hall–Kier alpha value is -6.45. The molecule has 8 aromatic rings. The van der Waals surface area contributed by atoms with Gasteiger partial charge in [-0.05, 0) is 56.1 Å². The highest BCUT2D eigenvalue weighted by molar-refractivity contribution is 5.89. The summed E-state index contributed by atoms with van der Waals surface area (Å²) in [6.07, 6.45) is 3.18. The molecule has 0 aliphatic rings. The van der Waals surface area contributed by atoms with Crippen molar-refractivity contribution < 1.29 is 0 Å². The van der Waals surface area contributed by atoms with Crippen LogP contribution in [0, 0.1) is 0 Å². The summed E-state index contributed by atoms with van der Waals surface area (Å²) in [5.74, 6) is 2.07. The maximum atomic E-state index is 5.04. The summed E-state index contributed by atoms with van der Waals surface area (Å²) in [6.45, 7) is 8.36. The van der Waals surface area contributed by atoms with E-state index in [0.717, 1.165) is 33.6 Å². The Morgan fingerprint density at radius 3 is 0.982 bits per heavy atom. The van der Waals surface area contributed by atoms with E-state index < -0.39 is 0 Å². The van der Waals surface area contributed by atoms with Crippen LogP contribution in [0.4, 0.5) is 0 Å². The number of rotatable bonds is 9. The van der Waals surface area contributed by atoms with Gasteiger partial charge in [-0.25, -0.2) is 15.0 Å². The second-order valence-corrected chi connectivity index (χ2v) is 13.0. The number of benzene rings is 7. The van der Waals surface area contributed by atoms with E-state index >= 15 is 0 Å². The molecule has 272 valence electrons. The number of aromatic nitrogens is 3. The molecule has 0 spiro atoms. The fourth-order valence-electron chi connectivity index (χ4n) is 6.43. The van der Waals surface area contributed by atoms with Crippen molar-refractivity contribution in [2.75, 3.05) is 0 Å². The van der Waals surface area contributed by atoms with Crippen molar-refractivity contribution in [3.8, 4) is 67.3 Å². The summed E-state index contributed by atoms with van der Waals surface area (Å²) in [7, 11) is 0. The number of hydrogen-bond donors (Lipinski definition) is 0. The van der Waals surface area contributed by atoms with E-state index in [4.69, 9.17) is 15.0 Å². The van der Waals surface area contributed by atoms with Crippen LogP contribution in [0.2, 0.25) is 0 Å². The fourth-order valence-corrected chi connectivity index (χ4v) is 6.43. The van der Waals surface area contributed by atoms with Crippen molar-refractivity contribution in [3.63, 3.8) is 0 Å². The van der Waals surface area contributed by atoms with Crippen LogP contribution >= 0.6 is 0 Å². The minimum Gasteiger partial charge on any atom is -0.213 e. The molecule has 0 atom stereocenters. The molecule has 1 heterocycles. The first-order valence-electron chi connectivity index (χ1n) is 19.5. The third kappa shape index (κ3) is 9.76. The summed E-state index contributed by atoms with van der Waals surface area (Å²) in [6, 6.07) is 65.8. The molecular weight excluding hydrogens is 667 g/mol. The van der Waals surface area contributed by atoms with Crippen LogP contribution in [-0.2, 0) is 6.42 Å². The molecule has 3 nitrogen and oxygen atoms in total. The molecule has 0 aliphatic heterocycles. The smallest absolute Gasteiger partial charge is 0.163 e. The number of nitrogens with zero attached hydrogens (tertiary/aromatic N) is 3. The van der Waals surface area contributed by atoms with Crippen molar-refractivity contribution in [2.24, 2.45) is 0 Å². The molecule has 55 heavy (non-hydrogen) atoms. The lowest BCUT2D eigenvalue weighted by Gasteiger charge is -2.16. The molecule has 3 heteroatoms. The molecule has 0 radical (unpaired) electrons. The van der Waals surface area contributed by atoms with Gasteiger partial charge in [0.25, 0.3) is 0 Å². The van der Waals surface area contributed by atoms with Crippen molar-refractivity contribution in [1.29, 1.82) is 0 Å². The van der Waals surface area contributed by atoms with Crippen LogP contribution in [0.3, 0.4) is 0 Å². The van der Waals surface area contributed by atoms with Crippen LogP contribution in [0.15, 0.2) is 188 Å². The lowest BCUT2D eigenvalue weighted by Crippen LogP contribution is -2.04. The minimum atomic E-state index is 0.546. The summed E-state index contributed by atoms with van der Waals surface area (Å²) in [4.78, 5) is 15.0. The summed E-state index contributed by atoms with van der Waals surface area (Å²) in [5, 5.41) is 0. The maximum Gasteiger partial charge on any atom is 0.163 e. The number of hydrogen-bond acceptors (Lipinski definition) is 3. The lowest BCUT2D eigenvalue weighted by molar-refractivity contribution is 0.886. The van der Waals surface area contributed by atoms with E-state index in [1.807, 2.05) is 74.5 Å². The van der Waals surface area contributed by atoms with E-state index in [-0.39, 0.29) is 0 Å². The Kier molecular flexibility index (Phi) is 13.6. The molecule has 0 unspecified atom stereocenters. The zero-order valence-corrected chi connectivity index (χ0v) is 32.4. The average Bonchev–Trinajstić information content (AvgIpc) is 3.28. The van der Waals surface area contributed by atoms with Crippen LogP contribution in [0.25, 0.3) is 67.3 Å². The largest absolute Gasteiger partial charge is 0.213 e. The summed E-state index contributed by atoms with van der Waals surface area (Å²) in [5.41, 5.74) is 12.5. The van der Waals surface area contributed by atoms with Gasteiger partial charge in [-0.15, -0.1) is 0 Å². The van der Waals surface area contributed by atoms with Gasteiger partial charge in [0.05, 0.1) is 0 Å². The molecule has 0 fully saturated rings. The normalized spacial score (nSPS) is 10.4. The molecule has 7 aromatic carbocycles.